The fourth-order valence-corrected chi connectivity index (χ4v) is 2.77. The number of nitrogens with zero attached hydrogens (tertiary/aromatic N) is 2. The van der Waals surface area contributed by atoms with Crippen LogP contribution in [0.2, 0.25) is 0 Å². The summed E-state index contributed by atoms with van der Waals surface area (Å²) in [5, 5.41) is 13.9. The Bertz CT molecular complexity index is 663. The Labute approximate surface area is 141 Å². The van der Waals surface area contributed by atoms with Gasteiger partial charge in [0.1, 0.15) is 0 Å². The van der Waals surface area contributed by atoms with Crippen LogP contribution in [0.1, 0.15) is 19.3 Å². The second-order valence-electron chi connectivity index (χ2n) is 5.32. The highest BCUT2D eigenvalue weighted by Crippen LogP contribution is 2.12. The summed E-state index contributed by atoms with van der Waals surface area (Å²) in [4.78, 5) is 16.6. The summed E-state index contributed by atoms with van der Waals surface area (Å²) in [6, 6.07) is 7.44. The summed E-state index contributed by atoms with van der Waals surface area (Å²) in [6.07, 6.45) is 3.87. The maximum absolute atomic E-state index is 12.3. The SMILES string of the molecule is Cl.Cl.O=c1c2ccccc2ncn1CC[C@H]1NCCC[C@@H]1O. The Balaban J connectivity index is 0.00000121. The first-order valence-electron chi connectivity index (χ1n) is 7.11. The quantitative estimate of drug-likeness (QED) is 0.889. The molecule has 0 radical (unpaired) electrons. The Morgan fingerprint density at radius 2 is 2.09 bits per heavy atom. The van der Waals surface area contributed by atoms with E-state index in [9.17, 15) is 9.90 Å². The molecule has 1 aromatic heterocycles. The first-order chi connectivity index (χ1) is 9.75. The number of rotatable bonds is 3. The molecule has 1 aliphatic rings. The van der Waals surface area contributed by atoms with Crippen molar-refractivity contribution in [2.75, 3.05) is 6.54 Å². The van der Waals surface area contributed by atoms with Gasteiger partial charge in [-0.2, -0.15) is 0 Å². The van der Waals surface area contributed by atoms with Crippen LogP contribution < -0.4 is 10.9 Å². The van der Waals surface area contributed by atoms with Crippen LogP contribution in [0.4, 0.5) is 0 Å². The van der Waals surface area contributed by atoms with Gasteiger partial charge in [0.25, 0.3) is 5.56 Å². The standard InChI is InChI=1S/C15H19N3O2.2ClH/c19-14-6-3-8-16-13(14)7-9-18-10-17-12-5-2-1-4-11(12)15(18)20;;/h1-2,4-5,10,13-14,16,19H,3,6-9H2;2*1H/t13-,14+;;/m1../s1. The molecular weight excluding hydrogens is 325 g/mol. The molecule has 7 heteroatoms. The van der Waals surface area contributed by atoms with Gasteiger partial charge in [-0.1, -0.05) is 12.1 Å². The summed E-state index contributed by atoms with van der Waals surface area (Å²) >= 11 is 0. The molecule has 0 amide bonds. The lowest BCUT2D eigenvalue weighted by Gasteiger charge is -2.29. The molecule has 1 aliphatic heterocycles. The normalized spacial score (nSPS) is 21.0. The minimum absolute atomic E-state index is 0. The van der Waals surface area contributed by atoms with Gasteiger partial charge in [0.15, 0.2) is 0 Å². The van der Waals surface area contributed by atoms with Crippen molar-refractivity contribution in [3.63, 3.8) is 0 Å². The van der Waals surface area contributed by atoms with E-state index in [-0.39, 0.29) is 42.5 Å². The average molecular weight is 346 g/mol. The number of halogens is 2. The van der Waals surface area contributed by atoms with Crippen LogP contribution >= 0.6 is 24.8 Å². The number of aromatic nitrogens is 2. The van der Waals surface area contributed by atoms with Crippen molar-refractivity contribution in [2.45, 2.75) is 38.0 Å². The van der Waals surface area contributed by atoms with Gasteiger partial charge >= 0.3 is 0 Å². The highest BCUT2D eigenvalue weighted by Gasteiger charge is 2.22. The Morgan fingerprint density at radius 3 is 2.86 bits per heavy atom. The second kappa shape index (κ2) is 8.48. The summed E-state index contributed by atoms with van der Waals surface area (Å²) < 4.78 is 1.63. The van der Waals surface area contributed by atoms with Crippen LogP contribution in [-0.4, -0.2) is 33.3 Å². The fraction of sp³-hybridized carbons (Fsp3) is 0.467. The molecule has 2 heterocycles. The van der Waals surface area contributed by atoms with Crippen LogP contribution in [0, 0.1) is 0 Å². The molecule has 2 aromatic rings. The third-order valence-corrected chi connectivity index (χ3v) is 3.96. The lowest BCUT2D eigenvalue weighted by Crippen LogP contribution is -2.45. The number of para-hydroxylation sites is 1. The van der Waals surface area contributed by atoms with Gasteiger partial charge in [0, 0.05) is 12.6 Å². The highest BCUT2D eigenvalue weighted by molar-refractivity contribution is 5.85. The Kier molecular flexibility index (Phi) is 7.29. The maximum atomic E-state index is 12.3. The van der Waals surface area contributed by atoms with E-state index in [2.05, 4.69) is 10.3 Å². The van der Waals surface area contributed by atoms with E-state index in [0.29, 0.717) is 11.9 Å². The number of fused-ring (bicyclic) bond motifs is 1. The topological polar surface area (TPSA) is 67.2 Å². The highest BCUT2D eigenvalue weighted by atomic mass is 35.5. The van der Waals surface area contributed by atoms with Gasteiger partial charge in [-0.15, -0.1) is 24.8 Å². The van der Waals surface area contributed by atoms with Crippen LogP contribution in [-0.2, 0) is 6.54 Å². The third-order valence-electron chi connectivity index (χ3n) is 3.96. The molecule has 122 valence electrons. The predicted molar refractivity (Wildman–Crippen MR) is 92.1 cm³/mol. The van der Waals surface area contributed by atoms with Crippen molar-refractivity contribution in [1.82, 2.24) is 14.9 Å². The van der Waals surface area contributed by atoms with Gasteiger partial charge in [0.2, 0.25) is 0 Å². The minimum Gasteiger partial charge on any atom is -0.392 e. The molecule has 0 aliphatic carbocycles. The molecule has 0 bridgehead atoms. The van der Waals surface area contributed by atoms with Gasteiger partial charge in [-0.05, 0) is 37.9 Å². The first-order valence-corrected chi connectivity index (χ1v) is 7.11. The monoisotopic (exact) mass is 345 g/mol. The van der Waals surface area contributed by atoms with Gasteiger partial charge in [0.05, 0.1) is 23.3 Å². The number of hydrogen-bond acceptors (Lipinski definition) is 4. The number of benzene rings is 1. The van der Waals surface area contributed by atoms with E-state index in [0.717, 1.165) is 31.3 Å². The zero-order valence-corrected chi connectivity index (χ0v) is 13.8. The molecule has 3 rings (SSSR count). The zero-order valence-electron chi connectivity index (χ0n) is 12.1. The number of aryl methyl sites for hydroxylation is 1. The molecule has 0 saturated carbocycles. The van der Waals surface area contributed by atoms with Gasteiger partial charge in [-0.3, -0.25) is 9.36 Å². The molecule has 1 aromatic carbocycles. The second-order valence-corrected chi connectivity index (χ2v) is 5.32. The molecule has 1 fully saturated rings. The van der Waals surface area contributed by atoms with Crippen molar-refractivity contribution in [3.05, 3.63) is 40.9 Å². The van der Waals surface area contributed by atoms with Gasteiger partial charge in [-0.25, -0.2) is 4.98 Å². The summed E-state index contributed by atoms with van der Waals surface area (Å²) in [7, 11) is 0. The molecule has 0 spiro atoms. The molecular formula is C15H21Cl2N3O2. The summed E-state index contributed by atoms with van der Waals surface area (Å²) in [5.41, 5.74) is 0.713. The number of piperidine rings is 1. The largest absolute Gasteiger partial charge is 0.392 e. The smallest absolute Gasteiger partial charge is 0.261 e. The van der Waals surface area contributed by atoms with Crippen LogP contribution in [0.3, 0.4) is 0 Å². The minimum atomic E-state index is -0.312. The number of aliphatic hydroxyl groups excluding tert-OH is 1. The molecule has 0 unspecified atom stereocenters. The molecule has 2 atom stereocenters. The number of hydrogen-bond donors (Lipinski definition) is 2. The zero-order chi connectivity index (χ0) is 13.9. The van der Waals surface area contributed by atoms with Crippen LogP contribution in [0.25, 0.3) is 10.9 Å². The van der Waals surface area contributed by atoms with E-state index in [1.54, 1.807) is 17.0 Å². The van der Waals surface area contributed by atoms with Crippen LogP contribution in [0.5, 0.6) is 0 Å². The van der Waals surface area contributed by atoms with Gasteiger partial charge < -0.3 is 10.4 Å². The molecule has 5 nitrogen and oxygen atoms in total. The van der Waals surface area contributed by atoms with Crippen molar-refractivity contribution in [2.24, 2.45) is 0 Å². The third kappa shape index (κ3) is 3.98. The van der Waals surface area contributed by atoms with E-state index in [1.807, 2.05) is 18.2 Å². The first kappa shape index (κ1) is 18.9. The van der Waals surface area contributed by atoms with E-state index in [1.165, 1.54) is 0 Å². The van der Waals surface area contributed by atoms with Crippen LogP contribution in [0.15, 0.2) is 35.4 Å². The van der Waals surface area contributed by atoms with E-state index < -0.39 is 0 Å². The maximum Gasteiger partial charge on any atom is 0.261 e. The van der Waals surface area contributed by atoms with Crippen molar-refractivity contribution in [3.8, 4) is 0 Å². The summed E-state index contributed by atoms with van der Waals surface area (Å²) in [5.74, 6) is 0. The molecule has 2 N–H and O–H groups in total. The fourth-order valence-electron chi connectivity index (χ4n) is 2.77. The predicted octanol–water partition coefficient (Wildman–Crippen LogP) is 1.74. The average Bonchev–Trinajstić information content (AvgIpc) is 2.48. The lowest BCUT2D eigenvalue weighted by atomic mass is 9.99. The Hall–Kier alpha value is -1.14. The number of nitrogens with one attached hydrogen (secondary N) is 1. The van der Waals surface area contributed by atoms with Crippen molar-refractivity contribution >= 4 is 35.7 Å². The number of aliphatic hydroxyl groups is 1. The Morgan fingerprint density at radius 1 is 1.32 bits per heavy atom. The van der Waals surface area contributed by atoms with E-state index >= 15 is 0 Å². The lowest BCUT2D eigenvalue weighted by molar-refractivity contribution is 0.0901. The summed E-state index contributed by atoms with van der Waals surface area (Å²) in [6.45, 7) is 1.51. The van der Waals surface area contributed by atoms with Crippen molar-refractivity contribution in [1.29, 1.82) is 0 Å². The van der Waals surface area contributed by atoms with Crippen molar-refractivity contribution < 1.29 is 5.11 Å². The van der Waals surface area contributed by atoms with E-state index in [4.69, 9.17) is 0 Å². The molecule has 1 saturated heterocycles. The molecule has 22 heavy (non-hydrogen) atoms.